The number of sulfonamides is 1. The number of hydrogen-bond donors (Lipinski definition) is 1. The van der Waals surface area contributed by atoms with E-state index in [1.54, 1.807) is 42.7 Å². The molecule has 1 aromatic carbocycles. The lowest BCUT2D eigenvalue weighted by Crippen LogP contribution is -2.18. The van der Waals surface area contributed by atoms with E-state index in [4.69, 9.17) is 0 Å². The maximum absolute atomic E-state index is 11.8. The zero-order chi connectivity index (χ0) is 12.8. The molecule has 0 unspecified atom stereocenters. The lowest BCUT2D eigenvalue weighted by atomic mass is 10.3. The SMILES string of the molecule is O=S(=O)(N/N=C\c1ccncc1)c1ccccc1. The molecule has 2 aromatic rings. The average molecular weight is 261 g/mol. The summed E-state index contributed by atoms with van der Waals surface area (Å²) < 4.78 is 23.6. The Morgan fingerprint density at radius 3 is 2.39 bits per heavy atom. The topological polar surface area (TPSA) is 71.4 Å². The maximum Gasteiger partial charge on any atom is 0.276 e. The molecule has 2 rings (SSSR count). The fourth-order valence-corrected chi connectivity index (χ4v) is 2.08. The van der Waals surface area contributed by atoms with Crippen molar-refractivity contribution in [2.24, 2.45) is 5.10 Å². The van der Waals surface area contributed by atoms with E-state index in [1.165, 1.54) is 18.3 Å². The Kier molecular flexibility index (Phi) is 3.69. The van der Waals surface area contributed by atoms with Crippen molar-refractivity contribution in [1.82, 2.24) is 9.82 Å². The monoisotopic (exact) mass is 261 g/mol. The summed E-state index contributed by atoms with van der Waals surface area (Å²) in [5, 5.41) is 3.70. The first-order valence-corrected chi connectivity index (χ1v) is 6.67. The first kappa shape index (κ1) is 12.3. The molecule has 0 atom stereocenters. The van der Waals surface area contributed by atoms with Gasteiger partial charge in [0, 0.05) is 12.4 Å². The minimum Gasteiger partial charge on any atom is -0.265 e. The van der Waals surface area contributed by atoms with Crippen LogP contribution in [0.2, 0.25) is 0 Å². The molecule has 6 heteroatoms. The molecule has 1 aromatic heterocycles. The van der Waals surface area contributed by atoms with E-state index in [0.29, 0.717) is 0 Å². The Labute approximate surface area is 105 Å². The zero-order valence-electron chi connectivity index (χ0n) is 9.39. The van der Waals surface area contributed by atoms with Crippen LogP contribution in [0.15, 0.2) is 64.9 Å². The molecule has 18 heavy (non-hydrogen) atoms. The third kappa shape index (κ3) is 3.14. The highest BCUT2D eigenvalue weighted by Gasteiger charge is 2.10. The normalized spacial score (nSPS) is 11.6. The van der Waals surface area contributed by atoms with Gasteiger partial charge in [-0.15, -0.1) is 0 Å². The van der Waals surface area contributed by atoms with Gasteiger partial charge in [-0.05, 0) is 29.8 Å². The number of benzene rings is 1. The van der Waals surface area contributed by atoms with Crippen LogP contribution < -0.4 is 4.83 Å². The Morgan fingerprint density at radius 2 is 1.72 bits per heavy atom. The summed E-state index contributed by atoms with van der Waals surface area (Å²) in [6.45, 7) is 0. The lowest BCUT2D eigenvalue weighted by Gasteiger charge is -2.02. The Hall–Kier alpha value is -2.21. The minimum absolute atomic E-state index is 0.178. The largest absolute Gasteiger partial charge is 0.276 e. The maximum atomic E-state index is 11.8. The van der Waals surface area contributed by atoms with Crippen molar-refractivity contribution in [1.29, 1.82) is 0 Å². The summed E-state index contributed by atoms with van der Waals surface area (Å²) in [5.41, 5.74) is 0.765. The van der Waals surface area contributed by atoms with E-state index in [-0.39, 0.29) is 4.90 Å². The van der Waals surface area contributed by atoms with E-state index >= 15 is 0 Å². The van der Waals surface area contributed by atoms with Crippen LogP contribution in [0.25, 0.3) is 0 Å². The molecule has 5 nitrogen and oxygen atoms in total. The fraction of sp³-hybridized carbons (Fsp3) is 0. The molecule has 1 N–H and O–H groups in total. The fourth-order valence-electron chi connectivity index (χ4n) is 1.27. The van der Waals surface area contributed by atoms with Crippen molar-refractivity contribution < 1.29 is 8.42 Å². The smallest absolute Gasteiger partial charge is 0.265 e. The second kappa shape index (κ2) is 5.42. The van der Waals surface area contributed by atoms with Crippen molar-refractivity contribution in [3.63, 3.8) is 0 Å². The standard InChI is InChI=1S/C12H11N3O2S/c16-18(17,12-4-2-1-3-5-12)15-14-10-11-6-8-13-9-7-11/h1-10,15H/b14-10-. The highest BCUT2D eigenvalue weighted by atomic mass is 32.2. The zero-order valence-corrected chi connectivity index (χ0v) is 10.2. The van der Waals surface area contributed by atoms with Crippen LogP contribution in [-0.2, 0) is 10.0 Å². The third-order valence-electron chi connectivity index (χ3n) is 2.15. The van der Waals surface area contributed by atoms with E-state index in [2.05, 4.69) is 14.9 Å². The van der Waals surface area contributed by atoms with Gasteiger partial charge in [-0.2, -0.15) is 13.5 Å². The van der Waals surface area contributed by atoms with Crippen molar-refractivity contribution in [2.75, 3.05) is 0 Å². The van der Waals surface area contributed by atoms with Crippen LogP contribution in [0.5, 0.6) is 0 Å². The van der Waals surface area contributed by atoms with E-state index in [0.717, 1.165) is 5.56 Å². The summed E-state index contributed by atoms with van der Waals surface area (Å²) >= 11 is 0. The van der Waals surface area contributed by atoms with Crippen molar-refractivity contribution in [2.45, 2.75) is 4.90 Å². The number of hydrogen-bond acceptors (Lipinski definition) is 4. The summed E-state index contributed by atoms with van der Waals surface area (Å²) in [4.78, 5) is 6.17. The highest BCUT2D eigenvalue weighted by molar-refractivity contribution is 7.89. The molecule has 0 radical (unpaired) electrons. The average Bonchev–Trinajstić information content (AvgIpc) is 2.41. The number of hydrazone groups is 1. The molecule has 92 valence electrons. The van der Waals surface area contributed by atoms with Crippen LogP contribution in [0.4, 0.5) is 0 Å². The third-order valence-corrected chi connectivity index (χ3v) is 3.38. The van der Waals surface area contributed by atoms with E-state index < -0.39 is 10.0 Å². The summed E-state index contributed by atoms with van der Waals surface area (Å²) in [6, 6.07) is 11.5. The molecule has 0 fully saturated rings. The summed E-state index contributed by atoms with van der Waals surface area (Å²) in [5.74, 6) is 0. The van der Waals surface area contributed by atoms with Crippen LogP contribution in [0.3, 0.4) is 0 Å². The molecule has 0 aliphatic rings. The van der Waals surface area contributed by atoms with Gasteiger partial charge in [-0.1, -0.05) is 18.2 Å². The Balaban J connectivity index is 2.09. The predicted molar refractivity (Wildman–Crippen MR) is 68.6 cm³/mol. The minimum atomic E-state index is -3.59. The van der Waals surface area contributed by atoms with Gasteiger partial charge in [-0.3, -0.25) is 4.98 Å². The van der Waals surface area contributed by atoms with E-state index in [1.807, 2.05) is 0 Å². The number of aromatic nitrogens is 1. The van der Waals surface area contributed by atoms with Crippen molar-refractivity contribution >= 4 is 16.2 Å². The van der Waals surface area contributed by atoms with Gasteiger partial charge in [0.1, 0.15) is 0 Å². The predicted octanol–water partition coefficient (Wildman–Crippen LogP) is 1.39. The number of pyridine rings is 1. The summed E-state index contributed by atoms with van der Waals surface area (Å²) in [6.07, 6.45) is 4.63. The molecular formula is C12H11N3O2S. The highest BCUT2D eigenvalue weighted by Crippen LogP contribution is 2.06. The molecule has 0 saturated carbocycles. The van der Waals surface area contributed by atoms with Crippen LogP contribution >= 0.6 is 0 Å². The van der Waals surface area contributed by atoms with Gasteiger partial charge < -0.3 is 0 Å². The van der Waals surface area contributed by atoms with Crippen molar-refractivity contribution in [3.05, 3.63) is 60.4 Å². The van der Waals surface area contributed by atoms with Crippen LogP contribution in [0, 0.1) is 0 Å². The molecule has 1 heterocycles. The molecule has 0 aliphatic heterocycles. The second-order valence-electron chi connectivity index (χ2n) is 3.45. The van der Waals surface area contributed by atoms with Gasteiger partial charge in [0.15, 0.2) is 0 Å². The van der Waals surface area contributed by atoms with Gasteiger partial charge >= 0.3 is 0 Å². The molecule has 0 spiro atoms. The van der Waals surface area contributed by atoms with Gasteiger partial charge in [0.05, 0.1) is 11.1 Å². The quantitative estimate of drug-likeness (QED) is 0.668. The van der Waals surface area contributed by atoms with E-state index in [9.17, 15) is 8.42 Å². The summed E-state index contributed by atoms with van der Waals surface area (Å²) in [7, 11) is -3.59. The molecule has 0 aliphatic carbocycles. The molecule has 0 bridgehead atoms. The molecule has 0 saturated heterocycles. The van der Waals surface area contributed by atoms with Crippen LogP contribution in [0.1, 0.15) is 5.56 Å². The first-order valence-electron chi connectivity index (χ1n) is 5.18. The number of rotatable bonds is 4. The Morgan fingerprint density at radius 1 is 1.06 bits per heavy atom. The molecular weight excluding hydrogens is 250 g/mol. The van der Waals surface area contributed by atoms with Gasteiger partial charge in [0.2, 0.25) is 0 Å². The van der Waals surface area contributed by atoms with Gasteiger partial charge in [0.25, 0.3) is 10.0 Å². The number of nitrogens with zero attached hydrogens (tertiary/aromatic N) is 2. The molecule has 0 amide bonds. The second-order valence-corrected chi connectivity index (χ2v) is 5.11. The van der Waals surface area contributed by atoms with Crippen molar-refractivity contribution in [3.8, 4) is 0 Å². The first-order chi connectivity index (χ1) is 8.68. The lowest BCUT2D eigenvalue weighted by molar-refractivity contribution is 0.584. The Bertz CT molecular complexity index is 625. The number of nitrogens with one attached hydrogen (secondary N) is 1. The van der Waals surface area contributed by atoms with Gasteiger partial charge in [-0.25, -0.2) is 4.83 Å². The van der Waals surface area contributed by atoms with Crippen LogP contribution in [-0.4, -0.2) is 19.6 Å².